The van der Waals surface area contributed by atoms with Crippen molar-refractivity contribution in [3.63, 3.8) is 0 Å². The summed E-state index contributed by atoms with van der Waals surface area (Å²) in [4.78, 5) is 11.8. The minimum Gasteiger partial charge on any atom is -0.507 e. The Morgan fingerprint density at radius 3 is 2.20 bits per heavy atom. The summed E-state index contributed by atoms with van der Waals surface area (Å²) in [7, 11) is 0. The van der Waals surface area contributed by atoms with Gasteiger partial charge in [-0.05, 0) is 76.6 Å². The highest BCUT2D eigenvalue weighted by molar-refractivity contribution is 7.07. The molecule has 30 heavy (non-hydrogen) atoms. The van der Waals surface area contributed by atoms with Crippen LogP contribution < -0.4 is 4.87 Å². The van der Waals surface area contributed by atoms with Gasteiger partial charge in [-0.2, -0.15) is 0 Å². The van der Waals surface area contributed by atoms with Crippen LogP contribution in [0.15, 0.2) is 40.5 Å². The number of thiazole rings is 1. The van der Waals surface area contributed by atoms with Gasteiger partial charge in [-0.3, -0.25) is 9.36 Å². The zero-order chi connectivity index (χ0) is 21.8. The van der Waals surface area contributed by atoms with Gasteiger partial charge in [0.25, 0.3) is 0 Å². The maximum absolute atomic E-state index is 12.0. The van der Waals surface area contributed by atoms with Crippen molar-refractivity contribution in [1.82, 2.24) is 4.57 Å². The van der Waals surface area contributed by atoms with E-state index in [1.807, 2.05) is 6.07 Å². The first-order valence-electron chi connectivity index (χ1n) is 10.3. The SMILES string of the molecule is Cc1cc2c(cc1-c1cc(Cn3c(O)csc3=O)ccc1O)C(C)(C)CCC2(C)C. The highest BCUT2D eigenvalue weighted by Crippen LogP contribution is 2.48. The fourth-order valence-corrected chi connectivity index (χ4v) is 5.18. The molecule has 0 atom stereocenters. The Kier molecular flexibility index (Phi) is 4.85. The molecule has 3 aromatic rings. The minimum absolute atomic E-state index is 0.0337. The molecule has 4 nitrogen and oxygen atoms in total. The first kappa shape index (κ1) is 20.7. The van der Waals surface area contributed by atoms with E-state index in [1.165, 1.54) is 21.1 Å². The molecule has 1 aromatic heterocycles. The first-order chi connectivity index (χ1) is 14.0. The van der Waals surface area contributed by atoms with E-state index in [9.17, 15) is 15.0 Å². The van der Waals surface area contributed by atoms with Crippen molar-refractivity contribution in [3.8, 4) is 22.8 Å². The molecule has 2 aromatic carbocycles. The number of fused-ring (bicyclic) bond motifs is 1. The van der Waals surface area contributed by atoms with Crippen molar-refractivity contribution in [2.45, 2.75) is 64.8 Å². The molecule has 0 saturated heterocycles. The van der Waals surface area contributed by atoms with Gasteiger partial charge in [-0.25, -0.2) is 0 Å². The lowest BCUT2D eigenvalue weighted by Gasteiger charge is -2.42. The molecule has 1 aliphatic carbocycles. The maximum atomic E-state index is 12.0. The van der Waals surface area contributed by atoms with Crippen LogP contribution in [0.2, 0.25) is 0 Å². The predicted molar refractivity (Wildman–Crippen MR) is 123 cm³/mol. The Labute approximate surface area is 181 Å². The van der Waals surface area contributed by atoms with Gasteiger partial charge >= 0.3 is 4.87 Å². The van der Waals surface area contributed by atoms with Crippen LogP contribution in [-0.4, -0.2) is 14.8 Å². The molecular formula is C25H29NO3S. The number of phenolic OH excluding ortho intramolecular Hbond substituents is 1. The van der Waals surface area contributed by atoms with E-state index < -0.39 is 0 Å². The van der Waals surface area contributed by atoms with Crippen molar-refractivity contribution in [1.29, 1.82) is 0 Å². The van der Waals surface area contributed by atoms with Crippen LogP contribution in [0.25, 0.3) is 11.1 Å². The number of aromatic nitrogens is 1. The Bertz CT molecular complexity index is 1180. The van der Waals surface area contributed by atoms with E-state index in [1.54, 1.807) is 12.1 Å². The second-order valence-corrected chi connectivity index (χ2v) is 10.6. The van der Waals surface area contributed by atoms with Gasteiger partial charge in [0.05, 0.1) is 11.9 Å². The van der Waals surface area contributed by atoms with Gasteiger partial charge in [-0.15, -0.1) is 0 Å². The Hall–Kier alpha value is -2.53. The number of nitrogens with zero attached hydrogens (tertiary/aromatic N) is 1. The summed E-state index contributed by atoms with van der Waals surface area (Å²) in [6.07, 6.45) is 2.29. The standard InChI is InChI=1S/C25H29NO3S/c1-15-10-19-20(25(4,5)9-8-24(19,2)3)12-17(15)18-11-16(6-7-21(18)27)13-26-22(28)14-30-23(26)29/h6-7,10-12,14,27-28H,8-9,13H2,1-5H3. The van der Waals surface area contributed by atoms with Crippen molar-refractivity contribution in [2.24, 2.45) is 0 Å². The quantitative estimate of drug-likeness (QED) is 0.568. The third kappa shape index (κ3) is 3.45. The van der Waals surface area contributed by atoms with Crippen LogP contribution in [0.1, 0.15) is 62.8 Å². The Morgan fingerprint density at radius 2 is 1.60 bits per heavy atom. The number of hydrogen-bond acceptors (Lipinski definition) is 4. The molecule has 5 heteroatoms. The van der Waals surface area contributed by atoms with Crippen molar-refractivity contribution < 1.29 is 10.2 Å². The van der Waals surface area contributed by atoms with E-state index in [2.05, 4.69) is 46.8 Å². The lowest BCUT2D eigenvalue weighted by atomic mass is 9.62. The fraction of sp³-hybridized carbons (Fsp3) is 0.400. The molecule has 2 N–H and O–H groups in total. The highest BCUT2D eigenvalue weighted by Gasteiger charge is 2.37. The highest BCUT2D eigenvalue weighted by atomic mass is 32.1. The summed E-state index contributed by atoms with van der Waals surface area (Å²) in [5, 5.41) is 22.1. The largest absolute Gasteiger partial charge is 0.507 e. The van der Waals surface area contributed by atoms with Crippen LogP contribution in [0.3, 0.4) is 0 Å². The second-order valence-electron chi connectivity index (χ2n) is 9.78. The Morgan fingerprint density at radius 1 is 0.967 bits per heavy atom. The predicted octanol–water partition coefficient (Wildman–Crippen LogP) is 5.69. The summed E-state index contributed by atoms with van der Waals surface area (Å²) < 4.78 is 1.34. The van der Waals surface area contributed by atoms with Crippen molar-refractivity contribution in [3.05, 3.63) is 67.6 Å². The summed E-state index contributed by atoms with van der Waals surface area (Å²) in [5.74, 6) is 0.185. The van der Waals surface area contributed by atoms with Crippen LogP contribution in [0.5, 0.6) is 11.6 Å². The molecule has 0 unspecified atom stereocenters. The Balaban J connectivity index is 1.84. The van der Waals surface area contributed by atoms with Crippen LogP contribution >= 0.6 is 11.3 Å². The van der Waals surface area contributed by atoms with Gasteiger partial charge in [-0.1, -0.05) is 51.2 Å². The molecule has 0 bridgehead atoms. The molecule has 0 aliphatic heterocycles. The summed E-state index contributed by atoms with van der Waals surface area (Å²) in [6, 6.07) is 9.93. The monoisotopic (exact) mass is 423 g/mol. The molecule has 1 heterocycles. The van der Waals surface area contributed by atoms with E-state index in [-0.39, 0.29) is 33.9 Å². The van der Waals surface area contributed by atoms with E-state index >= 15 is 0 Å². The van der Waals surface area contributed by atoms with Gasteiger partial charge in [0.2, 0.25) is 5.88 Å². The number of phenols is 1. The molecule has 158 valence electrons. The van der Waals surface area contributed by atoms with Crippen molar-refractivity contribution >= 4 is 11.3 Å². The number of hydrogen-bond donors (Lipinski definition) is 2. The van der Waals surface area contributed by atoms with E-state index in [4.69, 9.17) is 0 Å². The third-order valence-electron chi connectivity index (χ3n) is 6.65. The van der Waals surface area contributed by atoms with Crippen LogP contribution in [0.4, 0.5) is 0 Å². The topological polar surface area (TPSA) is 62.5 Å². The number of rotatable bonds is 3. The first-order valence-corrected chi connectivity index (χ1v) is 11.2. The minimum atomic E-state index is -0.198. The average Bonchev–Trinajstić information content (AvgIpc) is 2.99. The summed E-state index contributed by atoms with van der Waals surface area (Å²) >= 11 is 0.979. The molecule has 0 amide bonds. The fourth-order valence-electron chi connectivity index (χ4n) is 4.56. The molecule has 0 fully saturated rings. The third-order valence-corrected chi connectivity index (χ3v) is 7.40. The molecule has 0 saturated carbocycles. The summed E-state index contributed by atoms with van der Waals surface area (Å²) in [6.45, 7) is 11.6. The lowest BCUT2D eigenvalue weighted by molar-refractivity contribution is 0.332. The number of aryl methyl sites for hydroxylation is 1. The molecule has 1 aliphatic rings. The molecule has 0 spiro atoms. The van der Waals surface area contributed by atoms with Crippen molar-refractivity contribution in [2.75, 3.05) is 0 Å². The van der Waals surface area contributed by atoms with Crippen LogP contribution in [0, 0.1) is 6.92 Å². The maximum Gasteiger partial charge on any atom is 0.310 e. The number of aromatic hydroxyl groups is 2. The van der Waals surface area contributed by atoms with Gasteiger partial charge in [0.1, 0.15) is 5.75 Å². The molecular weight excluding hydrogens is 394 g/mol. The van der Waals surface area contributed by atoms with E-state index in [0.717, 1.165) is 46.4 Å². The number of benzene rings is 2. The smallest absolute Gasteiger partial charge is 0.310 e. The van der Waals surface area contributed by atoms with Gasteiger partial charge in [0.15, 0.2) is 0 Å². The zero-order valence-corrected chi connectivity index (χ0v) is 19.1. The second kappa shape index (κ2) is 7.02. The molecule has 0 radical (unpaired) electrons. The summed E-state index contributed by atoms with van der Waals surface area (Å²) in [5.41, 5.74) is 6.71. The average molecular weight is 424 g/mol. The zero-order valence-electron chi connectivity index (χ0n) is 18.2. The molecule has 4 rings (SSSR count). The van der Waals surface area contributed by atoms with Gasteiger partial charge in [0, 0.05) is 5.56 Å². The lowest BCUT2D eigenvalue weighted by Crippen LogP contribution is -2.34. The van der Waals surface area contributed by atoms with Gasteiger partial charge < -0.3 is 10.2 Å². The van der Waals surface area contributed by atoms with Crippen LogP contribution in [-0.2, 0) is 17.4 Å². The van der Waals surface area contributed by atoms with E-state index in [0.29, 0.717) is 0 Å². The normalized spacial score (nSPS) is 17.0.